The van der Waals surface area contributed by atoms with Gasteiger partial charge in [-0.2, -0.15) is 0 Å². The topological polar surface area (TPSA) is 32.3 Å². The molecular formula is C15H13Cl2NO. The number of allylic oxidation sites excluding steroid dienone is 1. The first-order valence-corrected chi connectivity index (χ1v) is 6.49. The van der Waals surface area contributed by atoms with Crippen LogP contribution in [0.4, 0.5) is 11.4 Å². The molecule has 0 heterocycles. The molecule has 0 radical (unpaired) electrons. The summed E-state index contributed by atoms with van der Waals surface area (Å²) in [6.07, 6.45) is 0.380. The molecule has 2 rings (SSSR count). The van der Waals surface area contributed by atoms with Crippen LogP contribution in [0, 0.1) is 0 Å². The number of hydrogen-bond acceptors (Lipinski definition) is 2. The van der Waals surface area contributed by atoms with E-state index in [9.17, 15) is 5.11 Å². The Morgan fingerprint density at radius 1 is 1.05 bits per heavy atom. The minimum absolute atomic E-state index is 0.111. The number of para-hydroxylation sites is 2. The van der Waals surface area contributed by atoms with Gasteiger partial charge in [-0.25, -0.2) is 0 Å². The third kappa shape index (κ3) is 3.43. The van der Waals surface area contributed by atoms with Crippen LogP contribution in [0.25, 0.3) is 0 Å². The van der Waals surface area contributed by atoms with Crippen LogP contribution in [0.15, 0.2) is 54.8 Å². The number of aliphatic hydroxyl groups is 1. The number of nitrogens with one attached hydrogen (secondary N) is 1. The van der Waals surface area contributed by atoms with E-state index in [1.807, 2.05) is 24.3 Å². The van der Waals surface area contributed by atoms with Gasteiger partial charge < -0.3 is 10.4 Å². The highest BCUT2D eigenvalue weighted by molar-refractivity contribution is 6.39. The molecule has 4 heteroatoms. The summed E-state index contributed by atoms with van der Waals surface area (Å²) in [4.78, 5) is 0. The second-order valence-corrected chi connectivity index (χ2v) is 4.94. The third-order valence-corrected chi connectivity index (χ3v) is 3.26. The minimum Gasteiger partial charge on any atom is -0.513 e. The number of halogens is 2. The molecule has 0 bridgehead atoms. The van der Waals surface area contributed by atoms with E-state index >= 15 is 0 Å². The summed E-state index contributed by atoms with van der Waals surface area (Å²) in [6, 6.07) is 12.9. The number of rotatable bonds is 4. The van der Waals surface area contributed by atoms with Crippen molar-refractivity contribution in [3.05, 3.63) is 70.4 Å². The molecule has 0 amide bonds. The molecule has 0 spiro atoms. The summed E-state index contributed by atoms with van der Waals surface area (Å²) in [6.45, 7) is 3.51. The SMILES string of the molecule is C=C(O)Cc1ccccc1Nc1c(Cl)cccc1Cl. The summed E-state index contributed by atoms with van der Waals surface area (Å²) >= 11 is 12.2. The van der Waals surface area contributed by atoms with E-state index in [1.54, 1.807) is 18.2 Å². The van der Waals surface area contributed by atoms with Gasteiger partial charge >= 0.3 is 0 Å². The fourth-order valence-electron chi connectivity index (χ4n) is 1.77. The van der Waals surface area contributed by atoms with Crippen molar-refractivity contribution in [2.24, 2.45) is 0 Å². The molecule has 0 fully saturated rings. The number of benzene rings is 2. The summed E-state index contributed by atoms with van der Waals surface area (Å²) in [5, 5.41) is 13.6. The van der Waals surface area contributed by atoms with Crippen LogP contribution >= 0.6 is 23.2 Å². The average Bonchev–Trinajstić information content (AvgIpc) is 2.35. The molecule has 0 atom stereocenters. The van der Waals surface area contributed by atoms with Crippen LogP contribution in [-0.2, 0) is 6.42 Å². The Kier molecular flexibility index (Phi) is 4.35. The van der Waals surface area contributed by atoms with E-state index < -0.39 is 0 Å². The molecule has 0 aliphatic rings. The summed E-state index contributed by atoms with van der Waals surface area (Å²) in [5.74, 6) is 0.111. The van der Waals surface area contributed by atoms with E-state index in [4.69, 9.17) is 23.2 Å². The predicted octanol–water partition coefficient (Wildman–Crippen LogP) is 5.35. The van der Waals surface area contributed by atoms with E-state index in [2.05, 4.69) is 11.9 Å². The lowest BCUT2D eigenvalue weighted by atomic mass is 10.1. The second kappa shape index (κ2) is 6.00. The molecule has 98 valence electrons. The molecular weight excluding hydrogens is 281 g/mol. The van der Waals surface area contributed by atoms with Crippen molar-refractivity contribution in [2.45, 2.75) is 6.42 Å². The van der Waals surface area contributed by atoms with Gasteiger partial charge in [-0.3, -0.25) is 0 Å². The zero-order valence-electron chi connectivity index (χ0n) is 10.2. The normalized spacial score (nSPS) is 10.2. The van der Waals surface area contributed by atoms with Crippen molar-refractivity contribution >= 4 is 34.6 Å². The van der Waals surface area contributed by atoms with Crippen LogP contribution in [0.2, 0.25) is 10.0 Å². The van der Waals surface area contributed by atoms with Crippen molar-refractivity contribution in [1.29, 1.82) is 0 Å². The van der Waals surface area contributed by atoms with Gasteiger partial charge in [0.2, 0.25) is 0 Å². The molecule has 2 nitrogen and oxygen atoms in total. The Hall–Kier alpha value is -1.64. The van der Waals surface area contributed by atoms with Gasteiger partial charge in [-0.15, -0.1) is 0 Å². The molecule has 0 saturated carbocycles. The minimum atomic E-state index is 0.111. The van der Waals surface area contributed by atoms with Crippen LogP contribution < -0.4 is 5.32 Å². The second-order valence-electron chi connectivity index (χ2n) is 4.12. The van der Waals surface area contributed by atoms with Gasteiger partial charge in [-0.1, -0.05) is 54.0 Å². The quantitative estimate of drug-likeness (QED) is 0.745. The summed E-state index contributed by atoms with van der Waals surface area (Å²) < 4.78 is 0. The predicted molar refractivity (Wildman–Crippen MR) is 81.7 cm³/mol. The first-order valence-electron chi connectivity index (χ1n) is 5.73. The van der Waals surface area contributed by atoms with E-state index in [1.165, 1.54) is 0 Å². The van der Waals surface area contributed by atoms with Crippen LogP contribution in [0.5, 0.6) is 0 Å². The van der Waals surface area contributed by atoms with Crippen LogP contribution in [-0.4, -0.2) is 5.11 Å². The Morgan fingerprint density at radius 2 is 1.68 bits per heavy atom. The molecule has 2 aromatic rings. The summed E-state index contributed by atoms with van der Waals surface area (Å²) in [7, 11) is 0. The van der Waals surface area contributed by atoms with Crippen molar-refractivity contribution in [2.75, 3.05) is 5.32 Å². The zero-order valence-corrected chi connectivity index (χ0v) is 11.7. The lowest BCUT2D eigenvalue weighted by Crippen LogP contribution is -1.98. The molecule has 2 N–H and O–H groups in total. The van der Waals surface area contributed by atoms with Crippen LogP contribution in [0.3, 0.4) is 0 Å². The monoisotopic (exact) mass is 293 g/mol. The first kappa shape index (κ1) is 13.8. The van der Waals surface area contributed by atoms with E-state index in [0.29, 0.717) is 22.2 Å². The number of hydrogen-bond donors (Lipinski definition) is 2. The Balaban J connectivity index is 2.36. The lowest BCUT2D eigenvalue weighted by Gasteiger charge is -2.14. The van der Waals surface area contributed by atoms with Gasteiger partial charge in [0, 0.05) is 12.1 Å². The lowest BCUT2D eigenvalue weighted by molar-refractivity contribution is 0.402. The van der Waals surface area contributed by atoms with Crippen molar-refractivity contribution in [3.63, 3.8) is 0 Å². The molecule has 0 aliphatic heterocycles. The maximum Gasteiger partial charge on any atom is 0.0895 e. The fraction of sp³-hybridized carbons (Fsp3) is 0.0667. The molecule has 2 aromatic carbocycles. The largest absolute Gasteiger partial charge is 0.513 e. The Bertz CT molecular complexity index is 591. The maximum atomic E-state index is 9.33. The standard InChI is InChI=1S/C15H13Cl2NO/c1-10(19)9-11-5-2-3-8-14(11)18-15-12(16)6-4-7-13(15)17/h2-8,18-19H,1,9H2. The molecule has 0 saturated heterocycles. The molecule has 0 unspecified atom stereocenters. The third-order valence-electron chi connectivity index (χ3n) is 2.63. The van der Waals surface area contributed by atoms with E-state index in [-0.39, 0.29) is 5.76 Å². The maximum absolute atomic E-state index is 9.33. The highest BCUT2D eigenvalue weighted by Crippen LogP contribution is 2.33. The molecule has 19 heavy (non-hydrogen) atoms. The van der Waals surface area contributed by atoms with Gasteiger partial charge in [0.05, 0.1) is 21.5 Å². The zero-order chi connectivity index (χ0) is 13.8. The average molecular weight is 294 g/mol. The van der Waals surface area contributed by atoms with Gasteiger partial charge in [-0.05, 0) is 23.8 Å². The Labute approximate surface area is 122 Å². The number of aliphatic hydroxyl groups excluding tert-OH is 1. The van der Waals surface area contributed by atoms with Crippen molar-refractivity contribution in [1.82, 2.24) is 0 Å². The molecule has 0 aliphatic carbocycles. The van der Waals surface area contributed by atoms with Gasteiger partial charge in [0.25, 0.3) is 0 Å². The highest BCUT2D eigenvalue weighted by Gasteiger charge is 2.08. The highest BCUT2D eigenvalue weighted by atomic mass is 35.5. The van der Waals surface area contributed by atoms with Crippen molar-refractivity contribution < 1.29 is 5.11 Å². The number of anilines is 2. The van der Waals surface area contributed by atoms with Gasteiger partial charge in [0.1, 0.15) is 0 Å². The smallest absolute Gasteiger partial charge is 0.0895 e. The van der Waals surface area contributed by atoms with Crippen molar-refractivity contribution in [3.8, 4) is 0 Å². The molecule has 0 aromatic heterocycles. The van der Waals surface area contributed by atoms with Crippen LogP contribution in [0.1, 0.15) is 5.56 Å². The van der Waals surface area contributed by atoms with E-state index in [0.717, 1.165) is 11.3 Å². The first-order chi connectivity index (χ1) is 9.08. The Morgan fingerprint density at radius 3 is 2.32 bits per heavy atom. The summed E-state index contributed by atoms with van der Waals surface area (Å²) in [5.41, 5.74) is 2.42. The fourth-order valence-corrected chi connectivity index (χ4v) is 2.26. The van der Waals surface area contributed by atoms with Gasteiger partial charge in [0.15, 0.2) is 0 Å².